The van der Waals surface area contributed by atoms with Crippen molar-refractivity contribution in [3.8, 4) is 5.75 Å². The molecule has 0 fully saturated rings. The lowest BCUT2D eigenvalue weighted by Gasteiger charge is -2.13. The number of benzene rings is 2. The van der Waals surface area contributed by atoms with Crippen molar-refractivity contribution >= 4 is 22.8 Å². The lowest BCUT2D eigenvalue weighted by Crippen LogP contribution is -2.43. The molecule has 0 atom stereocenters. The largest absolute Gasteiger partial charge is 0.489 e. The number of fused-ring (bicyclic) bond motifs is 1. The predicted octanol–water partition coefficient (Wildman–Crippen LogP) is 2.26. The third kappa shape index (κ3) is 5.44. The average Bonchev–Trinajstić information content (AvgIpc) is 3.31. The van der Waals surface area contributed by atoms with Gasteiger partial charge < -0.3 is 19.4 Å². The zero-order valence-electron chi connectivity index (χ0n) is 19.9. The standard InChI is InChI=1S/C26H27N5O5/c1-3-13-36-21-11-7-10-20(15-21)28-22(32)17-31-25(33)23-24(27-18-29(23)12-14-35-2)30(26(31)34)16-19-8-5-4-6-9-19/h3-11,15,18H,1,12-14,16-17H2,2H3,(H,28,32). The number of nitrogens with one attached hydrogen (secondary N) is 1. The SMILES string of the molecule is C=CCOc1cccc(NC(=O)Cn2c(=O)c3c(ncn3CCOC)n(Cc3ccccc3)c2=O)c1. The monoisotopic (exact) mass is 489 g/mol. The Balaban J connectivity index is 1.70. The summed E-state index contributed by atoms with van der Waals surface area (Å²) in [6, 6.07) is 16.2. The Morgan fingerprint density at radius 3 is 2.67 bits per heavy atom. The molecule has 4 rings (SSSR count). The second-order valence-electron chi connectivity index (χ2n) is 8.02. The average molecular weight is 490 g/mol. The number of hydrogen-bond acceptors (Lipinski definition) is 6. The van der Waals surface area contributed by atoms with E-state index in [0.717, 1.165) is 10.1 Å². The summed E-state index contributed by atoms with van der Waals surface area (Å²) in [6.45, 7) is 4.39. The quantitative estimate of drug-likeness (QED) is 0.324. The Bertz CT molecular complexity index is 1490. The van der Waals surface area contributed by atoms with Crippen molar-refractivity contribution in [2.45, 2.75) is 19.6 Å². The second-order valence-corrected chi connectivity index (χ2v) is 8.02. The molecule has 2 aromatic heterocycles. The Morgan fingerprint density at radius 1 is 1.11 bits per heavy atom. The first-order valence-electron chi connectivity index (χ1n) is 11.4. The van der Waals surface area contributed by atoms with Gasteiger partial charge in [-0.15, -0.1) is 0 Å². The van der Waals surface area contributed by atoms with Crippen molar-refractivity contribution in [3.05, 3.63) is 100.0 Å². The van der Waals surface area contributed by atoms with Gasteiger partial charge in [0.1, 0.15) is 18.9 Å². The van der Waals surface area contributed by atoms with Crippen LogP contribution >= 0.6 is 0 Å². The van der Waals surface area contributed by atoms with Gasteiger partial charge in [0.25, 0.3) is 5.56 Å². The Morgan fingerprint density at radius 2 is 1.92 bits per heavy atom. The molecule has 0 spiro atoms. The summed E-state index contributed by atoms with van der Waals surface area (Å²) >= 11 is 0. The maximum atomic E-state index is 13.4. The normalized spacial score (nSPS) is 10.9. The number of rotatable bonds is 11. The van der Waals surface area contributed by atoms with Crippen LogP contribution in [0.3, 0.4) is 0 Å². The molecule has 1 N–H and O–H groups in total. The van der Waals surface area contributed by atoms with Crippen LogP contribution < -0.4 is 21.3 Å². The van der Waals surface area contributed by atoms with Crippen LogP contribution in [0.1, 0.15) is 5.56 Å². The van der Waals surface area contributed by atoms with Gasteiger partial charge in [0.15, 0.2) is 11.2 Å². The maximum absolute atomic E-state index is 13.4. The van der Waals surface area contributed by atoms with Gasteiger partial charge >= 0.3 is 5.69 Å². The third-order valence-electron chi connectivity index (χ3n) is 5.49. The second kappa shape index (κ2) is 11.3. The first kappa shape index (κ1) is 24.7. The smallest absolute Gasteiger partial charge is 0.333 e. The molecule has 2 heterocycles. The van der Waals surface area contributed by atoms with Gasteiger partial charge in [-0.2, -0.15) is 0 Å². The molecular formula is C26H27N5O5. The summed E-state index contributed by atoms with van der Waals surface area (Å²) in [5.41, 5.74) is 0.616. The van der Waals surface area contributed by atoms with E-state index in [2.05, 4.69) is 16.9 Å². The number of anilines is 1. The topological polar surface area (TPSA) is 109 Å². The number of amides is 1. The van der Waals surface area contributed by atoms with E-state index in [9.17, 15) is 14.4 Å². The predicted molar refractivity (Wildman–Crippen MR) is 136 cm³/mol. The number of carbonyl (C=O) groups excluding carboxylic acids is 1. The number of ether oxygens (including phenoxy) is 2. The summed E-state index contributed by atoms with van der Waals surface area (Å²) < 4.78 is 14.6. The van der Waals surface area contributed by atoms with Crippen molar-refractivity contribution in [1.82, 2.24) is 18.7 Å². The molecule has 0 saturated heterocycles. The zero-order chi connectivity index (χ0) is 25.5. The van der Waals surface area contributed by atoms with E-state index in [-0.39, 0.29) is 17.7 Å². The number of methoxy groups -OCH3 is 1. The van der Waals surface area contributed by atoms with Crippen LogP contribution in [-0.2, 0) is 29.2 Å². The number of aromatic nitrogens is 4. The van der Waals surface area contributed by atoms with Gasteiger partial charge in [0, 0.05) is 25.4 Å². The summed E-state index contributed by atoms with van der Waals surface area (Å²) in [4.78, 5) is 44.1. The molecule has 0 radical (unpaired) electrons. The summed E-state index contributed by atoms with van der Waals surface area (Å²) in [7, 11) is 1.56. The number of hydrogen-bond donors (Lipinski definition) is 1. The van der Waals surface area contributed by atoms with Gasteiger partial charge in [-0.1, -0.05) is 49.1 Å². The van der Waals surface area contributed by atoms with E-state index < -0.39 is 23.7 Å². The maximum Gasteiger partial charge on any atom is 0.333 e. The molecule has 36 heavy (non-hydrogen) atoms. The van der Waals surface area contributed by atoms with E-state index in [1.165, 1.54) is 10.9 Å². The van der Waals surface area contributed by atoms with Gasteiger partial charge in [0.05, 0.1) is 19.5 Å². The Labute approximate surface area is 207 Å². The fourth-order valence-corrected chi connectivity index (χ4v) is 3.81. The summed E-state index contributed by atoms with van der Waals surface area (Å²) in [5.74, 6) is 0.0298. The molecular weight excluding hydrogens is 462 g/mol. The van der Waals surface area contributed by atoms with Gasteiger partial charge in [-0.25, -0.2) is 14.3 Å². The molecule has 0 unspecified atom stereocenters. The first-order valence-corrected chi connectivity index (χ1v) is 11.4. The highest BCUT2D eigenvalue weighted by Crippen LogP contribution is 2.17. The molecule has 4 aromatic rings. The Hall–Kier alpha value is -4.44. The van der Waals surface area contributed by atoms with E-state index in [1.807, 2.05) is 30.3 Å². The molecule has 10 heteroatoms. The van der Waals surface area contributed by atoms with Gasteiger partial charge in [0.2, 0.25) is 5.91 Å². The van der Waals surface area contributed by atoms with E-state index >= 15 is 0 Å². The van der Waals surface area contributed by atoms with Crippen molar-refractivity contribution in [3.63, 3.8) is 0 Å². The van der Waals surface area contributed by atoms with E-state index in [4.69, 9.17) is 9.47 Å². The lowest BCUT2D eigenvalue weighted by molar-refractivity contribution is -0.116. The molecule has 186 valence electrons. The van der Waals surface area contributed by atoms with E-state index in [1.54, 1.807) is 42.0 Å². The van der Waals surface area contributed by atoms with Crippen LogP contribution in [0.5, 0.6) is 5.75 Å². The van der Waals surface area contributed by atoms with Crippen LogP contribution in [0.2, 0.25) is 0 Å². The highest BCUT2D eigenvalue weighted by Gasteiger charge is 2.20. The minimum atomic E-state index is -0.619. The molecule has 0 aliphatic carbocycles. The molecule has 1 amide bonds. The molecule has 2 aromatic carbocycles. The number of imidazole rings is 1. The lowest BCUT2D eigenvalue weighted by atomic mass is 10.2. The molecule has 0 bridgehead atoms. The van der Waals surface area contributed by atoms with Crippen molar-refractivity contribution in [2.75, 3.05) is 25.6 Å². The molecule has 0 aliphatic heterocycles. The highest BCUT2D eigenvalue weighted by atomic mass is 16.5. The number of carbonyl (C=O) groups is 1. The van der Waals surface area contributed by atoms with Crippen LogP contribution in [0.4, 0.5) is 5.69 Å². The molecule has 10 nitrogen and oxygen atoms in total. The van der Waals surface area contributed by atoms with Crippen molar-refractivity contribution in [1.29, 1.82) is 0 Å². The van der Waals surface area contributed by atoms with E-state index in [0.29, 0.717) is 31.2 Å². The third-order valence-corrected chi connectivity index (χ3v) is 5.49. The van der Waals surface area contributed by atoms with Crippen LogP contribution in [0.25, 0.3) is 11.2 Å². The zero-order valence-corrected chi connectivity index (χ0v) is 19.9. The minimum Gasteiger partial charge on any atom is -0.489 e. The van der Waals surface area contributed by atoms with Gasteiger partial charge in [-0.3, -0.25) is 14.2 Å². The van der Waals surface area contributed by atoms with Gasteiger partial charge in [-0.05, 0) is 17.7 Å². The first-order chi connectivity index (χ1) is 17.5. The Kier molecular flexibility index (Phi) is 7.76. The highest BCUT2D eigenvalue weighted by molar-refractivity contribution is 5.90. The van der Waals surface area contributed by atoms with Crippen LogP contribution in [-0.4, -0.2) is 44.9 Å². The fourth-order valence-electron chi connectivity index (χ4n) is 3.81. The molecule has 0 aliphatic rings. The summed E-state index contributed by atoms with van der Waals surface area (Å²) in [6.07, 6.45) is 3.12. The van der Waals surface area contributed by atoms with Crippen molar-refractivity contribution in [2.24, 2.45) is 0 Å². The van der Waals surface area contributed by atoms with Crippen molar-refractivity contribution < 1.29 is 14.3 Å². The van der Waals surface area contributed by atoms with Crippen LogP contribution in [0, 0.1) is 0 Å². The number of nitrogens with zero attached hydrogens (tertiary/aromatic N) is 4. The molecule has 0 saturated carbocycles. The summed E-state index contributed by atoms with van der Waals surface area (Å²) in [5, 5.41) is 2.73. The fraction of sp³-hybridized carbons (Fsp3) is 0.231. The minimum absolute atomic E-state index is 0.196. The van der Waals surface area contributed by atoms with Crippen LogP contribution in [0.15, 0.2) is 83.2 Å².